The van der Waals surface area contributed by atoms with Crippen LogP contribution in [0.3, 0.4) is 0 Å². The number of para-hydroxylation sites is 1. The molecule has 3 nitrogen and oxygen atoms in total. The van der Waals surface area contributed by atoms with Gasteiger partial charge in [0.05, 0.1) is 5.69 Å². The number of fused-ring (bicyclic) bond motifs is 1. The van der Waals surface area contributed by atoms with Gasteiger partial charge in [0.2, 0.25) is 0 Å². The van der Waals surface area contributed by atoms with Crippen molar-refractivity contribution in [1.82, 2.24) is 0 Å². The van der Waals surface area contributed by atoms with E-state index in [2.05, 4.69) is 5.32 Å². The Balaban J connectivity index is 1.90. The molecular weight excluding hydrogens is 260 g/mol. The first kappa shape index (κ1) is 13.2. The fourth-order valence-electron chi connectivity index (χ4n) is 2.34. The molecule has 3 aromatic rings. The third-order valence-corrected chi connectivity index (χ3v) is 3.46. The van der Waals surface area contributed by atoms with Gasteiger partial charge in [0.15, 0.2) is 0 Å². The highest BCUT2D eigenvalue weighted by Crippen LogP contribution is 2.26. The average molecular weight is 276 g/mol. The highest BCUT2D eigenvalue weighted by Gasteiger charge is 2.13. The number of carbonyl (C=O) groups excluding carboxylic acids is 1. The van der Waals surface area contributed by atoms with Crippen LogP contribution in [0, 0.1) is 0 Å². The second-order valence-corrected chi connectivity index (χ2v) is 4.85. The highest BCUT2D eigenvalue weighted by molar-refractivity contribution is 6.07. The van der Waals surface area contributed by atoms with Crippen LogP contribution in [0.15, 0.2) is 72.8 Å². The van der Waals surface area contributed by atoms with Crippen LogP contribution < -0.4 is 10.2 Å². The van der Waals surface area contributed by atoms with Crippen molar-refractivity contribution >= 4 is 28.2 Å². The Morgan fingerprint density at radius 2 is 1.52 bits per heavy atom. The van der Waals surface area contributed by atoms with Crippen LogP contribution in [0.1, 0.15) is 0 Å². The lowest BCUT2D eigenvalue weighted by Crippen LogP contribution is -2.31. The number of benzene rings is 3. The van der Waals surface area contributed by atoms with Gasteiger partial charge in [-0.1, -0.05) is 54.6 Å². The maximum absolute atomic E-state index is 12.4. The van der Waals surface area contributed by atoms with Crippen LogP contribution in [-0.4, -0.2) is 13.1 Å². The normalized spacial score (nSPS) is 10.3. The summed E-state index contributed by atoms with van der Waals surface area (Å²) in [4.78, 5) is 14.0. The predicted molar refractivity (Wildman–Crippen MR) is 87.8 cm³/mol. The van der Waals surface area contributed by atoms with Crippen LogP contribution in [-0.2, 0) is 0 Å². The van der Waals surface area contributed by atoms with Crippen molar-refractivity contribution in [3.05, 3.63) is 72.8 Å². The van der Waals surface area contributed by atoms with E-state index in [4.69, 9.17) is 0 Å². The molecule has 0 radical (unpaired) electrons. The Labute approximate surface area is 123 Å². The maximum atomic E-state index is 12.4. The zero-order valence-electron chi connectivity index (χ0n) is 11.8. The first-order valence-corrected chi connectivity index (χ1v) is 6.83. The summed E-state index contributed by atoms with van der Waals surface area (Å²) in [6, 6.07) is 23.3. The van der Waals surface area contributed by atoms with Crippen LogP contribution in [0.25, 0.3) is 10.8 Å². The summed E-state index contributed by atoms with van der Waals surface area (Å²) in [6.07, 6.45) is 0. The lowest BCUT2D eigenvalue weighted by molar-refractivity contribution is 0.258. The Hall–Kier alpha value is -2.81. The number of nitrogens with zero attached hydrogens (tertiary/aromatic N) is 1. The smallest absolute Gasteiger partial charge is 0.308 e. The Bertz CT molecular complexity index is 763. The summed E-state index contributed by atoms with van der Waals surface area (Å²) in [5.41, 5.74) is 1.68. The van der Waals surface area contributed by atoms with Gasteiger partial charge in [0.1, 0.15) is 0 Å². The van der Waals surface area contributed by atoms with Gasteiger partial charge in [-0.25, -0.2) is 4.79 Å². The van der Waals surface area contributed by atoms with Crippen molar-refractivity contribution in [2.45, 2.75) is 0 Å². The average Bonchev–Trinajstić information content (AvgIpc) is 2.54. The zero-order chi connectivity index (χ0) is 14.7. The third-order valence-electron chi connectivity index (χ3n) is 3.46. The van der Waals surface area contributed by atoms with E-state index in [-0.39, 0.29) is 6.03 Å². The second kappa shape index (κ2) is 5.67. The highest BCUT2D eigenvalue weighted by atomic mass is 16.2. The van der Waals surface area contributed by atoms with E-state index in [9.17, 15) is 4.79 Å². The first-order chi connectivity index (χ1) is 10.3. The maximum Gasteiger partial charge on any atom is 0.326 e. The molecule has 3 heteroatoms. The Morgan fingerprint density at radius 3 is 2.33 bits per heavy atom. The molecule has 0 spiro atoms. The lowest BCUT2D eigenvalue weighted by atomic mass is 10.1. The number of urea groups is 1. The molecule has 1 N–H and O–H groups in total. The molecule has 104 valence electrons. The fourth-order valence-corrected chi connectivity index (χ4v) is 2.34. The van der Waals surface area contributed by atoms with Gasteiger partial charge in [-0.15, -0.1) is 0 Å². The summed E-state index contributed by atoms with van der Waals surface area (Å²) in [5, 5.41) is 5.07. The molecule has 0 bridgehead atoms. The fraction of sp³-hybridized carbons (Fsp3) is 0.0556. The molecule has 2 amide bonds. The van der Waals surface area contributed by atoms with E-state index in [1.165, 1.54) is 0 Å². The molecule has 0 aliphatic heterocycles. The minimum absolute atomic E-state index is 0.155. The number of hydrogen-bond acceptors (Lipinski definition) is 1. The minimum atomic E-state index is -0.155. The second-order valence-electron chi connectivity index (χ2n) is 4.85. The molecule has 0 heterocycles. The molecule has 0 atom stereocenters. The summed E-state index contributed by atoms with van der Waals surface area (Å²) in [5.74, 6) is 0. The largest absolute Gasteiger partial charge is 0.326 e. The topological polar surface area (TPSA) is 32.3 Å². The summed E-state index contributed by atoms with van der Waals surface area (Å²) in [6.45, 7) is 0. The monoisotopic (exact) mass is 276 g/mol. The van der Waals surface area contributed by atoms with Crippen molar-refractivity contribution in [2.75, 3.05) is 17.3 Å². The summed E-state index contributed by atoms with van der Waals surface area (Å²) in [7, 11) is 1.78. The van der Waals surface area contributed by atoms with Crippen LogP contribution in [0.2, 0.25) is 0 Å². The SMILES string of the molecule is CN(C(=O)Nc1ccccc1)c1cccc2ccccc12. The summed E-state index contributed by atoms with van der Waals surface area (Å²) >= 11 is 0. The molecule has 0 fully saturated rings. The van der Waals surface area contributed by atoms with Gasteiger partial charge in [-0.05, 0) is 23.6 Å². The Kier molecular flexibility index (Phi) is 3.56. The molecule has 0 saturated carbocycles. The van der Waals surface area contributed by atoms with Crippen molar-refractivity contribution in [1.29, 1.82) is 0 Å². The van der Waals surface area contributed by atoms with Crippen LogP contribution in [0.4, 0.5) is 16.2 Å². The number of amides is 2. The number of carbonyl (C=O) groups is 1. The standard InChI is InChI=1S/C18H16N2O/c1-20(18(21)19-15-10-3-2-4-11-15)17-13-7-9-14-8-5-6-12-16(14)17/h2-13H,1H3,(H,19,21). The van der Waals surface area contributed by atoms with E-state index in [0.29, 0.717) is 0 Å². The van der Waals surface area contributed by atoms with Crippen LogP contribution >= 0.6 is 0 Å². The van der Waals surface area contributed by atoms with Crippen molar-refractivity contribution in [3.8, 4) is 0 Å². The number of rotatable bonds is 2. The zero-order valence-corrected chi connectivity index (χ0v) is 11.8. The lowest BCUT2D eigenvalue weighted by Gasteiger charge is -2.20. The van der Waals surface area contributed by atoms with E-state index in [1.807, 2.05) is 72.8 Å². The van der Waals surface area contributed by atoms with Gasteiger partial charge in [-0.2, -0.15) is 0 Å². The Morgan fingerprint density at radius 1 is 0.857 bits per heavy atom. The van der Waals surface area contributed by atoms with Gasteiger partial charge < -0.3 is 5.32 Å². The van der Waals surface area contributed by atoms with E-state index >= 15 is 0 Å². The number of anilines is 2. The molecule has 0 aliphatic rings. The van der Waals surface area contributed by atoms with Gasteiger partial charge in [-0.3, -0.25) is 4.90 Å². The number of nitrogens with one attached hydrogen (secondary N) is 1. The predicted octanol–water partition coefficient (Wildman–Crippen LogP) is 4.51. The van der Waals surface area contributed by atoms with Crippen molar-refractivity contribution < 1.29 is 4.79 Å². The van der Waals surface area contributed by atoms with Gasteiger partial charge >= 0.3 is 6.03 Å². The third kappa shape index (κ3) is 2.72. The minimum Gasteiger partial charge on any atom is -0.308 e. The van der Waals surface area contributed by atoms with Crippen LogP contribution in [0.5, 0.6) is 0 Å². The van der Waals surface area contributed by atoms with Crippen molar-refractivity contribution in [3.63, 3.8) is 0 Å². The molecular formula is C18H16N2O. The summed E-state index contributed by atoms with van der Waals surface area (Å²) < 4.78 is 0. The number of hydrogen-bond donors (Lipinski definition) is 1. The molecule has 0 unspecified atom stereocenters. The van der Waals surface area contributed by atoms with E-state index in [1.54, 1.807) is 11.9 Å². The quantitative estimate of drug-likeness (QED) is 0.734. The van der Waals surface area contributed by atoms with Crippen molar-refractivity contribution in [2.24, 2.45) is 0 Å². The van der Waals surface area contributed by atoms with Gasteiger partial charge in [0, 0.05) is 18.1 Å². The van der Waals surface area contributed by atoms with E-state index in [0.717, 1.165) is 22.1 Å². The molecule has 0 aliphatic carbocycles. The first-order valence-electron chi connectivity index (χ1n) is 6.83. The molecule has 3 rings (SSSR count). The molecule has 21 heavy (non-hydrogen) atoms. The molecule has 0 aromatic heterocycles. The molecule has 0 saturated heterocycles. The van der Waals surface area contributed by atoms with Gasteiger partial charge in [0.25, 0.3) is 0 Å². The molecule has 3 aromatic carbocycles. The van der Waals surface area contributed by atoms with E-state index < -0.39 is 0 Å².